The fourth-order valence-corrected chi connectivity index (χ4v) is 1.97. The maximum absolute atomic E-state index is 13.7. The summed E-state index contributed by atoms with van der Waals surface area (Å²) in [5, 5.41) is 2.96. The molecule has 0 fully saturated rings. The molecule has 0 spiro atoms. The van der Waals surface area contributed by atoms with Gasteiger partial charge in [-0.1, -0.05) is 23.7 Å². The molecule has 0 saturated heterocycles. The van der Waals surface area contributed by atoms with Crippen molar-refractivity contribution in [2.75, 3.05) is 7.05 Å². The molecule has 0 heterocycles. The Hall–Kier alpha value is -1.65. The molecule has 0 atom stereocenters. The predicted molar refractivity (Wildman–Crippen MR) is 74.9 cm³/mol. The largest absolute Gasteiger partial charge is 0.486 e. The molecule has 0 aliphatic heterocycles. The topological polar surface area (TPSA) is 21.3 Å². The Kier molecular flexibility index (Phi) is 4.93. The zero-order chi connectivity index (χ0) is 14.5. The Bertz CT molecular complexity index is 604. The zero-order valence-electron chi connectivity index (χ0n) is 10.9. The van der Waals surface area contributed by atoms with Crippen LogP contribution in [0.1, 0.15) is 11.1 Å². The Balaban J connectivity index is 2.14. The zero-order valence-corrected chi connectivity index (χ0v) is 11.7. The van der Waals surface area contributed by atoms with Crippen LogP contribution in [0.5, 0.6) is 5.75 Å². The molecular formula is C15H14ClF2NO. The van der Waals surface area contributed by atoms with Crippen molar-refractivity contribution in [1.29, 1.82) is 0 Å². The van der Waals surface area contributed by atoms with E-state index in [9.17, 15) is 8.78 Å². The number of ether oxygens (including phenoxy) is 1. The number of halogens is 3. The van der Waals surface area contributed by atoms with Gasteiger partial charge in [-0.15, -0.1) is 0 Å². The lowest BCUT2D eigenvalue weighted by Gasteiger charge is -2.10. The molecular weight excluding hydrogens is 284 g/mol. The molecule has 0 radical (unpaired) electrons. The van der Waals surface area contributed by atoms with E-state index in [-0.39, 0.29) is 23.2 Å². The van der Waals surface area contributed by atoms with Gasteiger partial charge in [0.05, 0.1) is 5.02 Å². The van der Waals surface area contributed by atoms with Crippen molar-refractivity contribution in [3.63, 3.8) is 0 Å². The maximum atomic E-state index is 13.7. The fourth-order valence-electron chi connectivity index (χ4n) is 1.80. The highest BCUT2D eigenvalue weighted by atomic mass is 35.5. The van der Waals surface area contributed by atoms with Crippen LogP contribution in [0, 0.1) is 11.6 Å². The lowest BCUT2D eigenvalue weighted by molar-refractivity contribution is 0.284. The van der Waals surface area contributed by atoms with E-state index in [0.29, 0.717) is 12.1 Å². The molecule has 2 nitrogen and oxygen atoms in total. The van der Waals surface area contributed by atoms with Gasteiger partial charge in [0.2, 0.25) is 0 Å². The maximum Gasteiger partial charge on any atom is 0.183 e. The molecule has 20 heavy (non-hydrogen) atoms. The highest BCUT2D eigenvalue weighted by molar-refractivity contribution is 6.30. The van der Waals surface area contributed by atoms with E-state index in [1.807, 2.05) is 0 Å². The van der Waals surface area contributed by atoms with Crippen LogP contribution in [0.4, 0.5) is 8.78 Å². The van der Waals surface area contributed by atoms with Gasteiger partial charge in [-0.05, 0) is 36.9 Å². The van der Waals surface area contributed by atoms with E-state index >= 15 is 0 Å². The lowest BCUT2D eigenvalue weighted by Crippen LogP contribution is -2.07. The highest BCUT2D eigenvalue weighted by Gasteiger charge is 2.09. The third-order valence-electron chi connectivity index (χ3n) is 2.79. The second kappa shape index (κ2) is 6.68. The molecule has 5 heteroatoms. The van der Waals surface area contributed by atoms with E-state index in [1.54, 1.807) is 25.2 Å². The van der Waals surface area contributed by atoms with Crippen LogP contribution in [0.15, 0.2) is 36.4 Å². The summed E-state index contributed by atoms with van der Waals surface area (Å²) in [4.78, 5) is 0. The van der Waals surface area contributed by atoms with Gasteiger partial charge in [0.1, 0.15) is 12.4 Å². The Labute approximate surface area is 121 Å². The standard InChI is InChI=1S/C15H14ClF2NO/c1-19-8-10-5-6-13(17)11(7-10)9-20-14-4-2-3-12(16)15(14)18/h2-7,19H,8-9H2,1H3. The number of rotatable bonds is 5. The first-order valence-corrected chi connectivity index (χ1v) is 6.48. The highest BCUT2D eigenvalue weighted by Crippen LogP contribution is 2.25. The van der Waals surface area contributed by atoms with Gasteiger partial charge in [-0.2, -0.15) is 0 Å². The molecule has 0 aliphatic rings. The van der Waals surface area contributed by atoms with Crippen LogP contribution >= 0.6 is 11.6 Å². The lowest BCUT2D eigenvalue weighted by atomic mass is 10.1. The molecule has 2 aromatic rings. The molecule has 0 amide bonds. The van der Waals surface area contributed by atoms with Gasteiger partial charge in [0.15, 0.2) is 11.6 Å². The van der Waals surface area contributed by atoms with Crippen molar-refractivity contribution in [2.24, 2.45) is 0 Å². The van der Waals surface area contributed by atoms with Crippen LogP contribution in [0.3, 0.4) is 0 Å². The molecule has 1 N–H and O–H groups in total. The van der Waals surface area contributed by atoms with Crippen LogP contribution in [0.2, 0.25) is 5.02 Å². The van der Waals surface area contributed by atoms with E-state index < -0.39 is 5.82 Å². The fraction of sp³-hybridized carbons (Fsp3) is 0.200. The second-order valence-corrected chi connectivity index (χ2v) is 4.70. The van der Waals surface area contributed by atoms with Crippen molar-refractivity contribution in [3.05, 3.63) is 64.2 Å². The predicted octanol–water partition coefficient (Wildman–Crippen LogP) is 3.92. The smallest absolute Gasteiger partial charge is 0.183 e. The summed E-state index contributed by atoms with van der Waals surface area (Å²) in [5.74, 6) is -1.01. The molecule has 0 unspecified atom stereocenters. The van der Waals surface area contributed by atoms with Crippen molar-refractivity contribution >= 4 is 11.6 Å². The third-order valence-corrected chi connectivity index (χ3v) is 3.08. The van der Waals surface area contributed by atoms with Crippen LogP contribution < -0.4 is 10.1 Å². The summed E-state index contributed by atoms with van der Waals surface area (Å²) < 4.78 is 32.6. The van der Waals surface area contributed by atoms with Crippen LogP contribution in [-0.4, -0.2) is 7.05 Å². The van der Waals surface area contributed by atoms with Gasteiger partial charge < -0.3 is 10.1 Å². The monoisotopic (exact) mass is 297 g/mol. The van der Waals surface area contributed by atoms with Crippen molar-refractivity contribution in [3.8, 4) is 5.75 Å². The van der Waals surface area contributed by atoms with E-state index in [4.69, 9.17) is 16.3 Å². The first-order chi connectivity index (χ1) is 9.61. The summed E-state index contributed by atoms with van der Waals surface area (Å²) >= 11 is 5.66. The first-order valence-electron chi connectivity index (χ1n) is 6.10. The Morgan fingerprint density at radius 1 is 1.20 bits per heavy atom. The number of hydrogen-bond donors (Lipinski definition) is 1. The van der Waals surface area contributed by atoms with E-state index in [0.717, 1.165) is 5.56 Å². The number of benzene rings is 2. The van der Waals surface area contributed by atoms with Crippen molar-refractivity contribution < 1.29 is 13.5 Å². The third kappa shape index (κ3) is 3.46. The quantitative estimate of drug-likeness (QED) is 0.903. The average molecular weight is 298 g/mol. The van der Waals surface area contributed by atoms with Crippen molar-refractivity contribution in [1.82, 2.24) is 5.32 Å². The van der Waals surface area contributed by atoms with E-state index in [1.165, 1.54) is 18.2 Å². The van der Waals surface area contributed by atoms with Gasteiger partial charge >= 0.3 is 0 Å². The average Bonchev–Trinajstić information content (AvgIpc) is 2.44. The SMILES string of the molecule is CNCc1ccc(F)c(COc2cccc(Cl)c2F)c1. The molecule has 106 valence electrons. The summed E-state index contributed by atoms with van der Waals surface area (Å²) in [6, 6.07) is 9.21. The minimum atomic E-state index is -0.638. The molecule has 0 aromatic heterocycles. The molecule has 0 bridgehead atoms. The van der Waals surface area contributed by atoms with Crippen molar-refractivity contribution in [2.45, 2.75) is 13.2 Å². The number of nitrogens with one attached hydrogen (secondary N) is 1. The van der Waals surface area contributed by atoms with Gasteiger partial charge in [-0.3, -0.25) is 0 Å². The summed E-state index contributed by atoms with van der Waals surface area (Å²) in [6.45, 7) is 0.569. The summed E-state index contributed by atoms with van der Waals surface area (Å²) in [5.41, 5.74) is 1.30. The summed E-state index contributed by atoms with van der Waals surface area (Å²) in [6.07, 6.45) is 0. The van der Waals surface area contributed by atoms with Crippen LogP contribution in [-0.2, 0) is 13.2 Å². The summed E-state index contributed by atoms with van der Waals surface area (Å²) in [7, 11) is 1.81. The Morgan fingerprint density at radius 3 is 2.75 bits per heavy atom. The Morgan fingerprint density at radius 2 is 2.00 bits per heavy atom. The number of hydrogen-bond acceptors (Lipinski definition) is 2. The molecule has 0 aliphatic carbocycles. The molecule has 0 saturated carbocycles. The first kappa shape index (κ1) is 14.8. The minimum Gasteiger partial charge on any atom is -0.486 e. The molecule has 2 rings (SSSR count). The van der Waals surface area contributed by atoms with Gasteiger partial charge in [-0.25, -0.2) is 8.78 Å². The van der Waals surface area contributed by atoms with Gasteiger partial charge in [0, 0.05) is 12.1 Å². The van der Waals surface area contributed by atoms with E-state index in [2.05, 4.69) is 5.32 Å². The normalized spacial score (nSPS) is 10.6. The van der Waals surface area contributed by atoms with Gasteiger partial charge in [0.25, 0.3) is 0 Å². The van der Waals surface area contributed by atoms with Crippen LogP contribution in [0.25, 0.3) is 0 Å². The second-order valence-electron chi connectivity index (χ2n) is 4.30. The minimum absolute atomic E-state index is 0.0101. The molecule has 2 aromatic carbocycles.